The van der Waals surface area contributed by atoms with Crippen LogP contribution in [-0.2, 0) is 9.59 Å². The number of benzene rings is 1. The summed E-state index contributed by atoms with van der Waals surface area (Å²) in [7, 11) is 0. The van der Waals surface area contributed by atoms with Crippen molar-refractivity contribution < 1.29 is 9.59 Å². The Morgan fingerprint density at radius 3 is 2.80 bits per heavy atom. The Kier molecular flexibility index (Phi) is 2.27. The van der Waals surface area contributed by atoms with E-state index in [4.69, 9.17) is 11.6 Å². The number of imide groups is 1. The van der Waals surface area contributed by atoms with E-state index in [1.165, 1.54) is 4.90 Å². The van der Waals surface area contributed by atoms with Crippen molar-refractivity contribution in [3.63, 3.8) is 0 Å². The van der Waals surface area contributed by atoms with Gasteiger partial charge in [-0.25, -0.2) is 4.90 Å². The van der Waals surface area contributed by atoms with Crippen LogP contribution < -0.4 is 4.90 Å². The molecule has 1 aromatic rings. The van der Waals surface area contributed by atoms with Gasteiger partial charge in [-0.2, -0.15) is 0 Å². The highest BCUT2D eigenvalue weighted by atomic mass is 35.5. The van der Waals surface area contributed by atoms with Gasteiger partial charge in [-0.15, -0.1) is 0 Å². The van der Waals surface area contributed by atoms with Crippen molar-refractivity contribution in [2.75, 3.05) is 4.90 Å². The minimum absolute atomic E-state index is 0.0726. The summed E-state index contributed by atoms with van der Waals surface area (Å²) in [6.45, 7) is 1.94. The Labute approximate surface area is 122 Å². The Morgan fingerprint density at radius 2 is 2.10 bits per heavy atom. The number of carbonyl (C=O) groups excluding carboxylic acids is 2. The fourth-order valence-electron chi connectivity index (χ4n) is 4.17. The molecule has 4 rings (SSSR count). The lowest BCUT2D eigenvalue weighted by molar-refractivity contribution is -0.127. The summed E-state index contributed by atoms with van der Waals surface area (Å²) in [6.07, 6.45) is 5.14. The molecule has 3 nitrogen and oxygen atoms in total. The van der Waals surface area contributed by atoms with Crippen LogP contribution in [0.5, 0.6) is 0 Å². The Morgan fingerprint density at radius 1 is 1.30 bits per heavy atom. The molecule has 3 aliphatic rings. The first-order valence-corrected chi connectivity index (χ1v) is 7.23. The predicted molar refractivity (Wildman–Crippen MR) is 76.3 cm³/mol. The molecule has 0 aromatic heterocycles. The van der Waals surface area contributed by atoms with E-state index < -0.39 is 5.41 Å². The molecule has 20 heavy (non-hydrogen) atoms. The maximum Gasteiger partial charge on any atom is 0.241 e. The second-order valence-electron chi connectivity index (χ2n) is 6.11. The number of amides is 2. The molecule has 2 fully saturated rings. The molecule has 1 saturated carbocycles. The third kappa shape index (κ3) is 1.27. The van der Waals surface area contributed by atoms with Crippen LogP contribution in [-0.4, -0.2) is 11.8 Å². The molecule has 2 bridgehead atoms. The Hall–Kier alpha value is -1.61. The van der Waals surface area contributed by atoms with Gasteiger partial charge in [0.1, 0.15) is 0 Å². The van der Waals surface area contributed by atoms with Gasteiger partial charge in [0.05, 0.1) is 17.0 Å². The number of anilines is 1. The first-order valence-electron chi connectivity index (χ1n) is 6.86. The molecule has 0 N–H and O–H groups in total. The number of allylic oxidation sites excluding steroid dienone is 2. The summed E-state index contributed by atoms with van der Waals surface area (Å²) < 4.78 is 0. The fourth-order valence-corrected chi connectivity index (χ4v) is 4.35. The standard InChI is InChI=1S/C16H14ClNO2/c1-16-10-6-5-9(7-10)13(16)14(19)18(15(16)20)12-4-2-3-11(17)8-12/h2-6,8-10,13H,7H2,1H3/t9-,10-,13-,16-/m0/s1. The first kappa shape index (κ1) is 12.2. The molecule has 1 saturated heterocycles. The van der Waals surface area contributed by atoms with Gasteiger partial charge in [0, 0.05) is 5.02 Å². The van der Waals surface area contributed by atoms with Crippen molar-refractivity contribution in [2.24, 2.45) is 23.2 Å². The fraction of sp³-hybridized carbons (Fsp3) is 0.375. The van der Waals surface area contributed by atoms with Crippen LogP contribution in [0, 0.1) is 23.2 Å². The maximum atomic E-state index is 12.8. The van der Waals surface area contributed by atoms with Crippen LogP contribution >= 0.6 is 11.6 Å². The van der Waals surface area contributed by atoms with Gasteiger partial charge < -0.3 is 0 Å². The SMILES string of the molecule is C[C@@]12C(=O)N(c3cccc(Cl)c3)C(=O)[C@@H]1[C@H]1C=C[C@H]2C1. The van der Waals surface area contributed by atoms with Crippen LogP contribution in [0.15, 0.2) is 36.4 Å². The highest BCUT2D eigenvalue weighted by Crippen LogP contribution is 2.60. The zero-order chi connectivity index (χ0) is 14.1. The van der Waals surface area contributed by atoms with E-state index in [1.807, 2.05) is 6.92 Å². The second-order valence-corrected chi connectivity index (χ2v) is 6.55. The minimum atomic E-state index is -0.571. The lowest BCUT2D eigenvalue weighted by Gasteiger charge is -2.28. The van der Waals surface area contributed by atoms with Crippen molar-refractivity contribution >= 4 is 29.1 Å². The monoisotopic (exact) mass is 287 g/mol. The normalized spacial score (nSPS) is 37.9. The predicted octanol–water partition coefficient (Wildman–Crippen LogP) is 3.04. The molecule has 2 aliphatic carbocycles. The van der Waals surface area contributed by atoms with Gasteiger partial charge in [0.25, 0.3) is 0 Å². The molecule has 4 heteroatoms. The molecule has 1 aromatic carbocycles. The smallest absolute Gasteiger partial charge is 0.241 e. The number of halogens is 1. The molecule has 0 radical (unpaired) electrons. The molecule has 2 amide bonds. The minimum Gasteiger partial charge on any atom is -0.274 e. The van der Waals surface area contributed by atoms with E-state index >= 15 is 0 Å². The molecular weight excluding hydrogens is 274 g/mol. The number of hydrogen-bond acceptors (Lipinski definition) is 2. The lowest BCUT2D eigenvalue weighted by atomic mass is 9.71. The molecular formula is C16H14ClNO2. The number of carbonyl (C=O) groups is 2. The highest BCUT2D eigenvalue weighted by molar-refractivity contribution is 6.31. The summed E-state index contributed by atoms with van der Waals surface area (Å²) in [5.74, 6) is 0.0518. The van der Waals surface area contributed by atoms with Gasteiger partial charge in [-0.05, 0) is 43.4 Å². The van der Waals surface area contributed by atoms with Gasteiger partial charge >= 0.3 is 0 Å². The quantitative estimate of drug-likeness (QED) is 0.588. The van der Waals surface area contributed by atoms with E-state index in [1.54, 1.807) is 24.3 Å². The van der Waals surface area contributed by atoms with E-state index in [-0.39, 0.29) is 29.6 Å². The number of fused-ring (bicyclic) bond motifs is 5. The van der Waals surface area contributed by atoms with Crippen LogP contribution in [0.4, 0.5) is 5.69 Å². The van der Waals surface area contributed by atoms with Crippen LogP contribution in [0.3, 0.4) is 0 Å². The summed E-state index contributed by atoms with van der Waals surface area (Å²) in [4.78, 5) is 26.9. The summed E-state index contributed by atoms with van der Waals surface area (Å²) in [5, 5.41) is 0.534. The van der Waals surface area contributed by atoms with Gasteiger partial charge in [-0.3, -0.25) is 9.59 Å². The van der Waals surface area contributed by atoms with Gasteiger partial charge in [0.2, 0.25) is 11.8 Å². The summed E-state index contributed by atoms with van der Waals surface area (Å²) in [5.41, 5.74) is 0.0151. The van der Waals surface area contributed by atoms with E-state index in [2.05, 4.69) is 12.2 Å². The molecule has 4 atom stereocenters. The Balaban J connectivity index is 1.82. The maximum absolute atomic E-state index is 12.8. The zero-order valence-electron chi connectivity index (χ0n) is 11.0. The lowest BCUT2D eigenvalue weighted by Crippen LogP contribution is -2.37. The number of hydrogen-bond donors (Lipinski definition) is 0. The van der Waals surface area contributed by atoms with Crippen molar-refractivity contribution in [1.82, 2.24) is 0 Å². The van der Waals surface area contributed by atoms with Crippen molar-refractivity contribution in [1.29, 1.82) is 0 Å². The number of rotatable bonds is 1. The largest absolute Gasteiger partial charge is 0.274 e. The van der Waals surface area contributed by atoms with Crippen molar-refractivity contribution in [3.8, 4) is 0 Å². The molecule has 1 heterocycles. The molecule has 0 spiro atoms. The second kappa shape index (κ2) is 3.73. The highest BCUT2D eigenvalue weighted by Gasteiger charge is 2.67. The first-order chi connectivity index (χ1) is 9.53. The summed E-state index contributed by atoms with van der Waals surface area (Å²) in [6, 6.07) is 6.95. The average Bonchev–Trinajstić information content (AvgIpc) is 3.03. The molecule has 1 aliphatic heterocycles. The van der Waals surface area contributed by atoms with Gasteiger partial charge in [-0.1, -0.05) is 29.8 Å². The third-order valence-corrected chi connectivity index (χ3v) is 5.41. The topological polar surface area (TPSA) is 37.4 Å². The molecule has 0 unspecified atom stereocenters. The Bertz CT molecular complexity index is 668. The molecule has 102 valence electrons. The van der Waals surface area contributed by atoms with Crippen LogP contribution in [0.2, 0.25) is 5.02 Å². The van der Waals surface area contributed by atoms with Crippen molar-refractivity contribution in [3.05, 3.63) is 41.4 Å². The van der Waals surface area contributed by atoms with Crippen LogP contribution in [0.1, 0.15) is 13.3 Å². The zero-order valence-corrected chi connectivity index (χ0v) is 11.8. The van der Waals surface area contributed by atoms with E-state index in [0.717, 1.165) is 6.42 Å². The van der Waals surface area contributed by atoms with Gasteiger partial charge in [0.15, 0.2) is 0 Å². The number of nitrogens with zero attached hydrogens (tertiary/aromatic N) is 1. The van der Waals surface area contributed by atoms with Crippen LogP contribution in [0.25, 0.3) is 0 Å². The van der Waals surface area contributed by atoms with Crippen molar-refractivity contribution in [2.45, 2.75) is 13.3 Å². The van der Waals surface area contributed by atoms with E-state index in [0.29, 0.717) is 10.7 Å². The summed E-state index contributed by atoms with van der Waals surface area (Å²) >= 11 is 5.98. The third-order valence-electron chi connectivity index (χ3n) is 5.18. The van der Waals surface area contributed by atoms with E-state index in [9.17, 15) is 9.59 Å². The average molecular weight is 288 g/mol.